The van der Waals surface area contributed by atoms with Gasteiger partial charge >= 0.3 is 6.09 Å². The molecule has 0 aliphatic carbocycles. The number of carbonyl (C=O) groups excluding carboxylic acids is 2. The number of rotatable bonds is 12. The first-order valence-electron chi connectivity index (χ1n) is 18.0. The number of hydrogen-bond donors (Lipinski definition) is 4. The number of nitrogens with one attached hydrogen (secondary N) is 1. The molecule has 11 atom stereocenters. The van der Waals surface area contributed by atoms with Gasteiger partial charge in [-0.05, 0) is 96.3 Å². The largest absolute Gasteiger partial charge is 0.444 e. The van der Waals surface area contributed by atoms with Gasteiger partial charge in [0.2, 0.25) is 5.91 Å². The van der Waals surface area contributed by atoms with Crippen molar-refractivity contribution in [2.24, 2.45) is 17.8 Å². The summed E-state index contributed by atoms with van der Waals surface area (Å²) in [6.45, 7) is 13.5. The summed E-state index contributed by atoms with van der Waals surface area (Å²) in [5.41, 5.74) is -0.365. The van der Waals surface area contributed by atoms with Crippen LogP contribution in [0, 0.1) is 17.8 Å². The van der Waals surface area contributed by atoms with Crippen LogP contribution in [-0.4, -0.2) is 136 Å². The summed E-state index contributed by atoms with van der Waals surface area (Å²) in [4.78, 5) is 32.9. The van der Waals surface area contributed by atoms with Crippen LogP contribution in [0.3, 0.4) is 0 Å². The number of aliphatic hydroxyl groups is 3. The Morgan fingerprint density at radius 3 is 2.36 bits per heavy atom. The van der Waals surface area contributed by atoms with Crippen molar-refractivity contribution >= 4 is 35.5 Å². The standard InChI is InChI=1S/C37H61N3O8S2/c1-21(2)18-24-15-17-46-32-25(19-24)20-40(36(45)48-37(4,5)6)28(32)34(44)38-27(33-30(42)29(41)31(43)35(47-33)49-9)22(3)50-26-12-10-23(11-13-26)14-16-39(7)8/h10-13,21-22,24-25,27-33,35,41-43H,14-20H2,1-9H3,(H,38,44)/t22-,24-,25-,27+,28-,29-,30+,31+,32+,33+,35+/m0/s1. The van der Waals surface area contributed by atoms with E-state index in [1.807, 2.05) is 33.2 Å². The van der Waals surface area contributed by atoms with Crippen molar-refractivity contribution in [2.45, 2.75) is 131 Å². The fourth-order valence-electron chi connectivity index (χ4n) is 7.39. The molecule has 2 amide bonds. The Labute approximate surface area is 307 Å². The third-order valence-electron chi connectivity index (χ3n) is 9.82. The summed E-state index contributed by atoms with van der Waals surface area (Å²) in [5, 5.41) is 35.6. The van der Waals surface area contributed by atoms with E-state index in [4.69, 9.17) is 14.2 Å². The van der Waals surface area contributed by atoms with Crippen LogP contribution in [0.1, 0.15) is 66.4 Å². The second-order valence-electron chi connectivity index (χ2n) is 15.9. The summed E-state index contributed by atoms with van der Waals surface area (Å²) in [7, 11) is 4.09. The molecule has 3 saturated heterocycles. The van der Waals surface area contributed by atoms with Crippen LogP contribution in [0.2, 0.25) is 0 Å². The minimum atomic E-state index is -1.48. The summed E-state index contributed by atoms with van der Waals surface area (Å²) in [5.74, 6) is 0.469. The lowest BCUT2D eigenvalue weighted by molar-refractivity contribution is -0.205. The zero-order chi connectivity index (χ0) is 36.9. The number of likely N-dealkylation sites (N-methyl/N-ethyl adjacent to an activating group) is 1. The molecule has 4 N–H and O–H groups in total. The number of ether oxygens (including phenoxy) is 3. The van der Waals surface area contributed by atoms with Crippen molar-refractivity contribution in [3.05, 3.63) is 29.8 Å². The van der Waals surface area contributed by atoms with E-state index in [1.54, 1.807) is 27.0 Å². The zero-order valence-electron chi connectivity index (χ0n) is 31.3. The highest BCUT2D eigenvalue weighted by atomic mass is 32.2. The highest BCUT2D eigenvalue weighted by molar-refractivity contribution is 8.00. The SMILES string of the molecule is CS[C@H]1O[C@H]([C@H](NC(=O)[C@@H]2[C@@H]3OCC[C@@H](CC(C)C)C[C@H]3CN2C(=O)OC(C)(C)C)[C@H](C)Sc2ccc(CCN(C)C)cc2)[C@H](O)[C@H](O)[C@H]1O. The highest BCUT2D eigenvalue weighted by Gasteiger charge is 2.53. The molecule has 11 nitrogen and oxygen atoms in total. The maximum Gasteiger partial charge on any atom is 0.411 e. The minimum Gasteiger partial charge on any atom is -0.444 e. The van der Waals surface area contributed by atoms with Gasteiger partial charge in [0, 0.05) is 35.8 Å². The second-order valence-corrected chi connectivity index (χ2v) is 18.3. The molecule has 0 unspecified atom stereocenters. The number of hydrogen-bond acceptors (Lipinski definition) is 11. The number of amides is 2. The Hall–Kier alpha value is -1.58. The number of fused-ring (bicyclic) bond motifs is 1. The number of likely N-dealkylation sites (tertiary alicyclic amines) is 1. The molecule has 0 spiro atoms. The van der Waals surface area contributed by atoms with Gasteiger partial charge in [-0.1, -0.05) is 32.9 Å². The molecule has 1 aromatic carbocycles. The lowest BCUT2D eigenvalue weighted by Gasteiger charge is -2.45. The lowest BCUT2D eigenvalue weighted by atomic mass is 9.85. The molecular formula is C37H61N3O8S2. The van der Waals surface area contributed by atoms with Crippen LogP contribution in [0.15, 0.2) is 29.2 Å². The Balaban J connectivity index is 1.64. The van der Waals surface area contributed by atoms with Crippen LogP contribution in [-0.2, 0) is 25.4 Å². The topological polar surface area (TPSA) is 141 Å². The summed E-state index contributed by atoms with van der Waals surface area (Å²) in [6.07, 6.45) is -0.934. The van der Waals surface area contributed by atoms with Crippen LogP contribution >= 0.6 is 23.5 Å². The van der Waals surface area contributed by atoms with Crippen LogP contribution in [0.25, 0.3) is 0 Å². The average molecular weight is 740 g/mol. The molecule has 3 heterocycles. The van der Waals surface area contributed by atoms with Gasteiger partial charge in [0.1, 0.15) is 41.5 Å². The van der Waals surface area contributed by atoms with E-state index in [-0.39, 0.29) is 11.2 Å². The van der Waals surface area contributed by atoms with Gasteiger partial charge in [-0.15, -0.1) is 23.5 Å². The van der Waals surface area contributed by atoms with Gasteiger partial charge in [0.15, 0.2) is 0 Å². The monoisotopic (exact) mass is 739 g/mol. The molecule has 0 radical (unpaired) electrons. The van der Waals surface area contributed by atoms with Crippen molar-refractivity contribution in [3.63, 3.8) is 0 Å². The average Bonchev–Trinajstić information content (AvgIpc) is 3.28. The van der Waals surface area contributed by atoms with Crippen molar-refractivity contribution in [3.8, 4) is 0 Å². The van der Waals surface area contributed by atoms with E-state index < -0.39 is 65.6 Å². The lowest BCUT2D eigenvalue weighted by Crippen LogP contribution is -2.66. The molecule has 284 valence electrons. The zero-order valence-corrected chi connectivity index (χ0v) is 32.9. The molecule has 0 saturated carbocycles. The summed E-state index contributed by atoms with van der Waals surface area (Å²) < 4.78 is 18.5. The van der Waals surface area contributed by atoms with E-state index in [9.17, 15) is 24.9 Å². The van der Waals surface area contributed by atoms with Gasteiger partial charge in [0.05, 0.1) is 12.1 Å². The number of aliphatic hydroxyl groups excluding tert-OH is 3. The summed E-state index contributed by atoms with van der Waals surface area (Å²) >= 11 is 2.74. The first-order valence-corrected chi connectivity index (χ1v) is 20.2. The Bertz CT molecular complexity index is 1250. The first-order chi connectivity index (χ1) is 23.5. The van der Waals surface area contributed by atoms with Crippen molar-refractivity contribution in [1.29, 1.82) is 0 Å². The molecule has 4 rings (SSSR count). The first kappa shape index (κ1) is 41.2. The normalized spacial score (nSPS) is 31.6. The van der Waals surface area contributed by atoms with Crippen molar-refractivity contribution in [1.82, 2.24) is 15.1 Å². The van der Waals surface area contributed by atoms with Crippen molar-refractivity contribution in [2.75, 3.05) is 40.0 Å². The quantitative estimate of drug-likeness (QED) is 0.231. The molecule has 0 aromatic heterocycles. The molecule has 13 heteroatoms. The predicted molar refractivity (Wildman–Crippen MR) is 198 cm³/mol. The van der Waals surface area contributed by atoms with Crippen molar-refractivity contribution < 1.29 is 39.1 Å². The number of nitrogens with zero attached hydrogens (tertiary/aromatic N) is 2. The summed E-state index contributed by atoms with van der Waals surface area (Å²) in [6, 6.07) is 6.50. The molecular weight excluding hydrogens is 679 g/mol. The van der Waals surface area contributed by atoms with E-state index in [0.717, 1.165) is 37.1 Å². The number of benzene rings is 1. The fourth-order valence-corrected chi connectivity index (χ4v) is 9.17. The second kappa shape index (κ2) is 18.0. The third kappa shape index (κ3) is 10.7. The smallest absolute Gasteiger partial charge is 0.411 e. The van der Waals surface area contributed by atoms with Gasteiger partial charge in [-0.2, -0.15) is 0 Å². The predicted octanol–water partition coefficient (Wildman–Crippen LogP) is 4.00. The molecule has 1 aromatic rings. The van der Waals surface area contributed by atoms with E-state index >= 15 is 0 Å². The number of carbonyl (C=O) groups is 2. The van der Waals surface area contributed by atoms with Crippen LogP contribution < -0.4 is 5.32 Å². The van der Waals surface area contributed by atoms with Crippen LogP contribution in [0.5, 0.6) is 0 Å². The minimum absolute atomic E-state index is 0.0462. The van der Waals surface area contributed by atoms with E-state index in [0.29, 0.717) is 25.0 Å². The Morgan fingerprint density at radius 1 is 1.08 bits per heavy atom. The third-order valence-corrected chi connectivity index (χ3v) is 11.9. The van der Waals surface area contributed by atoms with E-state index in [2.05, 4.69) is 36.2 Å². The van der Waals surface area contributed by atoms with Crippen LogP contribution in [0.4, 0.5) is 4.79 Å². The fraction of sp³-hybridized carbons (Fsp3) is 0.784. The highest BCUT2D eigenvalue weighted by Crippen LogP contribution is 2.39. The maximum absolute atomic E-state index is 14.6. The molecule has 3 aliphatic heterocycles. The maximum atomic E-state index is 14.6. The van der Waals surface area contributed by atoms with Gasteiger partial charge < -0.3 is 39.7 Å². The molecule has 50 heavy (non-hydrogen) atoms. The Kier molecular flexibility index (Phi) is 14.8. The Morgan fingerprint density at radius 2 is 1.76 bits per heavy atom. The number of thioether (sulfide) groups is 2. The molecule has 0 bridgehead atoms. The van der Waals surface area contributed by atoms with Gasteiger partial charge in [0.25, 0.3) is 0 Å². The van der Waals surface area contributed by atoms with Gasteiger partial charge in [-0.25, -0.2) is 4.79 Å². The molecule has 3 fully saturated rings. The van der Waals surface area contributed by atoms with Gasteiger partial charge in [-0.3, -0.25) is 9.69 Å². The molecule has 3 aliphatic rings. The van der Waals surface area contributed by atoms with E-state index in [1.165, 1.54) is 34.0 Å².